The molecule has 8 heteroatoms. The minimum absolute atomic E-state index is 0.0397. The van der Waals surface area contributed by atoms with E-state index in [0.29, 0.717) is 33.8 Å². The molecule has 1 heterocycles. The number of nitrogens with zero attached hydrogens (tertiary/aromatic N) is 1. The van der Waals surface area contributed by atoms with E-state index in [1.165, 1.54) is 11.8 Å². The molecule has 29 heavy (non-hydrogen) atoms. The monoisotopic (exact) mass is 435 g/mol. The van der Waals surface area contributed by atoms with Crippen LogP contribution < -0.4 is 9.47 Å². The van der Waals surface area contributed by atoms with Gasteiger partial charge < -0.3 is 14.6 Å². The van der Waals surface area contributed by atoms with Crippen LogP contribution in [0.5, 0.6) is 11.5 Å². The van der Waals surface area contributed by atoms with Gasteiger partial charge in [-0.15, -0.1) is 0 Å². The molecule has 2 fully saturated rings. The average Bonchev–Trinajstić information content (AvgIpc) is 3.29. The highest BCUT2D eigenvalue weighted by molar-refractivity contribution is 8.26. The van der Waals surface area contributed by atoms with E-state index in [2.05, 4.69) is 0 Å². The van der Waals surface area contributed by atoms with Crippen LogP contribution in [-0.2, 0) is 9.59 Å². The Morgan fingerprint density at radius 1 is 1.34 bits per heavy atom. The van der Waals surface area contributed by atoms with Crippen molar-refractivity contribution in [3.63, 3.8) is 0 Å². The first-order valence-corrected chi connectivity index (χ1v) is 11.1. The van der Waals surface area contributed by atoms with Crippen molar-refractivity contribution in [2.75, 3.05) is 6.61 Å². The maximum absolute atomic E-state index is 12.9. The van der Waals surface area contributed by atoms with E-state index in [1.807, 2.05) is 6.92 Å². The van der Waals surface area contributed by atoms with Crippen LogP contribution in [0.3, 0.4) is 0 Å². The molecule has 0 spiro atoms. The Balaban J connectivity index is 1.83. The smallest absolute Gasteiger partial charge is 0.344 e. The zero-order chi connectivity index (χ0) is 21.0. The number of carbonyl (C=O) groups excluding carboxylic acids is 1. The van der Waals surface area contributed by atoms with Crippen molar-refractivity contribution in [2.45, 2.75) is 58.1 Å². The first kappa shape index (κ1) is 21.6. The molecular weight excluding hydrogens is 410 g/mol. The fourth-order valence-electron chi connectivity index (χ4n) is 3.55. The third-order valence-electron chi connectivity index (χ3n) is 4.99. The molecule has 2 aliphatic rings. The lowest BCUT2D eigenvalue weighted by molar-refractivity contribution is -0.145. The molecule has 3 rings (SSSR count). The predicted molar refractivity (Wildman–Crippen MR) is 117 cm³/mol. The summed E-state index contributed by atoms with van der Waals surface area (Å²) in [7, 11) is 0. The van der Waals surface area contributed by atoms with Gasteiger partial charge in [0.05, 0.1) is 11.5 Å². The number of carboxylic acids is 1. The average molecular weight is 436 g/mol. The highest BCUT2D eigenvalue weighted by Gasteiger charge is 2.38. The Kier molecular flexibility index (Phi) is 7.18. The number of thioether (sulfide) groups is 1. The molecule has 1 amide bonds. The van der Waals surface area contributed by atoms with Crippen molar-refractivity contribution >= 4 is 46.3 Å². The SMILES string of the molecule is CCOc1cc(/C=C2/SC(=S)N(C3CCCC3)C2=O)ccc1OC(CC)C(=O)O. The highest BCUT2D eigenvalue weighted by atomic mass is 32.2. The van der Waals surface area contributed by atoms with Crippen molar-refractivity contribution in [3.05, 3.63) is 28.7 Å². The molecule has 1 saturated heterocycles. The van der Waals surface area contributed by atoms with Crippen LogP contribution in [0.15, 0.2) is 23.1 Å². The molecule has 1 aliphatic carbocycles. The molecule has 0 bridgehead atoms. The molecular formula is C21H25NO5S2. The van der Waals surface area contributed by atoms with E-state index in [9.17, 15) is 14.7 Å². The topological polar surface area (TPSA) is 76.1 Å². The van der Waals surface area contributed by atoms with Gasteiger partial charge in [0.2, 0.25) is 0 Å². The Morgan fingerprint density at radius 2 is 2.07 bits per heavy atom. The summed E-state index contributed by atoms with van der Waals surface area (Å²) >= 11 is 6.77. The zero-order valence-corrected chi connectivity index (χ0v) is 18.2. The van der Waals surface area contributed by atoms with Gasteiger partial charge in [0.25, 0.3) is 5.91 Å². The van der Waals surface area contributed by atoms with Gasteiger partial charge in [-0.05, 0) is 50.0 Å². The second-order valence-electron chi connectivity index (χ2n) is 6.98. The van der Waals surface area contributed by atoms with Gasteiger partial charge in [0.15, 0.2) is 17.6 Å². The number of hydrogen-bond acceptors (Lipinski definition) is 6. The molecule has 1 aliphatic heterocycles. The van der Waals surface area contributed by atoms with Crippen LogP contribution in [0.1, 0.15) is 51.5 Å². The molecule has 1 unspecified atom stereocenters. The fraction of sp³-hybridized carbons (Fsp3) is 0.476. The standard InChI is InChI=1S/C21H25NO5S2/c1-3-15(20(24)25)27-16-10-9-13(11-17(16)26-4-2)12-18-19(23)22(21(28)29-18)14-7-5-6-8-14/h9-12,14-15H,3-8H2,1-2H3,(H,24,25)/b18-12+. The van der Waals surface area contributed by atoms with Crippen LogP contribution in [0.2, 0.25) is 0 Å². The summed E-state index contributed by atoms with van der Waals surface area (Å²) in [5.41, 5.74) is 0.774. The number of aliphatic carboxylic acids is 1. The lowest BCUT2D eigenvalue weighted by atomic mass is 10.1. The van der Waals surface area contributed by atoms with Gasteiger partial charge in [-0.1, -0.05) is 49.8 Å². The second-order valence-corrected chi connectivity index (χ2v) is 8.66. The zero-order valence-electron chi connectivity index (χ0n) is 16.6. The van der Waals surface area contributed by atoms with Crippen LogP contribution in [0.25, 0.3) is 6.08 Å². The summed E-state index contributed by atoms with van der Waals surface area (Å²) in [4.78, 5) is 26.5. The summed E-state index contributed by atoms with van der Waals surface area (Å²) in [6, 6.07) is 5.44. The summed E-state index contributed by atoms with van der Waals surface area (Å²) in [6.45, 7) is 4.00. The van der Waals surface area contributed by atoms with Gasteiger partial charge in [-0.2, -0.15) is 0 Å². The Hall–Kier alpha value is -2.06. The van der Waals surface area contributed by atoms with Crippen molar-refractivity contribution in [1.82, 2.24) is 4.90 Å². The minimum atomic E-state index is -1.02. The number of carboxylic acid groups (broad SMARTS) is 1. The molecule has 1 N–H and O–H groups in total. The normalized spacial score (nSPS) is 19.8. The number of ether oxygens (including phenoxy) is 2. The van der Waals surface area contributed by atoms with Crippen molar-refractivity contribution in [1.29, 1.82) is 0 Å². The van der Waals surface area contributed by atoms with Crippen molar-refractivity contribution in [3.8, 4) is 11.5 Å². The number of benzene rings is 1. The van der Waals surface area contributed by atoms with E-state index >= 15 is 0 Å². The van der Waals surface area contributed by atoms with E-state index in [4.69, 9.17) is 21.7 Å². The van der Waals surface area contributed by atoms with E-state index < -0.39 is 12.1 Å². The summed E-state index contributed by atoms with van der Waals surface area (Å²) < 4.78 is 11.9. The van der Waals surface area contributed by atoms with E-state index in [1.54, 1.807) is 36.1 Å². The molecule has 156 valence electrons. The van der Waals surface area contributed by atoms with Crippen molar-refractivity contribution < 1.29 is 24.2 Å². The lowest BCUT2D eigenvalue weighted by Crippen LogP contribution is -2.36. The molecule has 0 aromatic heterocycles. The first-order valence-electron chi connectivity index (χ1n) is 9.88. The van der Waals surface area contributed by atoms with Crippen molar-refractivity contribution in [2.24, 2.45) is 0 Å². The largest absolute Gasteiger partial charge is 0.490 e. The number of rotatable bonds is 8. The van der Waals surface area contributed by atoms with Gasteiger partial charge in [-0.25, -0.2) is 4.79 Å². The highest BCUT2D eigenvalue weighted by Crippen LogP contribution is 2.38. The molecule has 1 aromatic carbocycles. The quantitative estimate of drug-likeness (QED) is 0.477. The number of carbonyl (C=O) groups is 2. The van der Waals surface area contributed by atoms with Gasteiger partial charge in [-0.3, -0.25) is 9.69 Å². The molecule has 0 radical (unpaired) electrons. The number of amides is 1. The summed E-state index contributed by atoms with van der Waals surface area (Å²) in [5.74, 6) is -0.235. The number of hydrogen-bond donors (Lipinski definition) is 1. The fourth-order valence-corrected chi connectivity index (χ4v) is 4.95. The van der Waals surface area contributed by atoms with Crippen LogP contribution >= 0.6 is 24.0 Å². The third-order valence-corrected chi connectivity index (χ3v) is 6.32. The second kappa shape index (κ2) is 9.63. The van der Waals surface area contributed by atoms with Gasteiger partial charge in [0.1, 0.15) is 4.32 Å². The van der Waals surface area contributed by atoms with Gasteiger partial charge in [0, 0.05) is 6.04 Å². The van der Waals surface area contributed by atoms with Crippen LogP contribution in [0, 0.1) is 0 Å². The van der Waals surface area contributed by atoms with E-state index in [0.717, 1.165) is 31.2 Å². The summed E-state index contributed by atoms with van der Waals surface area (Å²) in [5, 5.41) is 9.24. The molecule has 1 saturated carbocycles. The van der Waals surface area contributed by atoms with Crippen LogP contribution in [-0.4, -0.2) is 45.0 Å². The molecule has 1 atom stereocenters. The molecule has 6 nitrogen and oxygen atoms in total. The summed E-state index contributed by atoms with van der Waals surface area (Å²) in [6.07, 6.45) is 5.47. The maximum atomic E-state index is 12.9. The Bertz CT molecular complexity index is 832. The Labute approximate surface area is 180 Å². The number of thiocarbonyl (C=S) groups is 1. The lowest BCUT2D eigenvalue weighted by Gasteiger charge is -2.21. The van der Waals surface area contributed by atoms with Crippen LogP contribution in [0.4, 0.5) is 0 Å². The maximum Gasteiger partial charge on any atom is 0.344 e. The first-order chi connectivity index (χ1) is 13.9. The van der Waals surface area contributed by atoms with E-state index in [-0.39, 0.29) is 11.9 Å². The third kappa shape index (κ3) is 4.93. The Morgan fingerprint density at radius 3 is 2.69 bits per heavy atom. The minimum Gasteiger partial charge on any atom is -0.490 e. The molecule has 1 aromatic rings. The predicted octanol–water partition coefficient (Wildman–Crippen LogP) is 4.47. The van der Waals surface area contributed by atoms with Gasteiger partial charge >= 0.3 is 5.97 Å².